The van der Waals surface area contributed by atoms with Crippen molar-refractivity contribution in [3.63, 3.8) is 0 Å². The van der Waals surface area contributed by atoms with Crippen molar-refractivity contribution >= 4 is 33.3 Å². The summed E-state index contributed by atoms with van der Waals surface area (Å²) in [6.07, 6.45) is 1.01. The maximum absolute atomic E-state index is 11.7. The van der Waals surface area contributed by atoms with Crippen LogP contribution < -0.4 is 5.32 Å². The molecule has 1 saturated carbocycles. The molecule has 0 bridgehead atoms. The first-order valence-electron chi connectivity index (χ1n) is 5.27. The molecule has 3 rings (SSSR count). The van der Waals surface area contributed by atoms with Gasteiger partial charge in [-0.25, -0.2) is 0 Å². The summed E-state index contributed by atoms with van der Waals surface area (Å²) in [6, 6.07) is 5.67. The van der Waals surface area contributed by atoms with E-state index >= 15 is 0 Å². The lowest BCUT2D eigenvalue weighted by Gasteiger charge is -2.03. The molecule has 2 atom stereocenters. The Balaban J connectivity index is 1.80. The number of nitrogens with zero attached hydrogens (tertiary/aromatic N) is 2. The first-order valence-corrected chi connectivity index (χ1v) is 6.04. The van der Waals surface area contributed by atoms with E-state index in [0.29, 0.717) is 5.92 Å². The van der Waals surface area contributed by atoms with Crippen molar-refractivity contribution in [1.82, 2.24) is 9.59 Å². The Morgan fingerprint density at radius 3 is 3.12 bits per heavy atom. The van der Waals surface area contributed by atoms with Crippen LogP contribution >= 0.6 is 11.5 Å². The van der Waals surface area contributed by atoms with E-state index in [4.69, 9.17) is 0 Å². The van der Waals surface area contributed by atoms with Crippen LogP contribution in [0.5, 0.6) is 0 Å². The third-order valence-corrected chi connectivity index (χ3v) is 3.65. The van der Waals surface area contributed by atoms with Gasteiger partial charge >= 0.3 is 0 Å². The smallest absolute Gasteiger partial charge is 0.227 e. The van der Waals surface area contributed by atoms with Gasteiger partial charge in [0.15, 0.2) is 0 Å². The molecule has 82 valence electrons. The lowest BCUT2D eigenvalue weighted by molar-refractivity contribution is -0.117. The van der Waals surface area contributed by atoms with E-state index in [-0.39, 0.29) is 11.8 Å². The maximum Gasteiger partial charge on any atom is 0.227 e. The Bertz CT molecular complexity index is 551. The Hall–Kier alpha value is -1.49. The fourth-order valence-electron chi connectivity index (χ4n) is 1.78. The zero-order valence-electron chi connectivity index (χ0n) is 8.80. The number of amides is 1. The summed E-state index contributed by atoms with van der Waals surface area (Å²) in [7, 11) is 0. The number of rotatable bonds is 2. The molecule has 1 aromatic heterocycles. The Kier molecular flexibility index (Phi) is 2.14. The molecule has 0 spiro atoms. The molecule has 16 heavy (non-hydrogen) atoms. The van der Waals surface area contributed by atoms with E-state index in [1.165, 1.54) is 11.5 Å². The molecule has 0 unspecified atom stereocenters. The minimum Gasteiger partial charge on any atom is -0.326 e. The van der Waals surface area contributed by atoms with Gasteiger partial charge in [0.25, 0.3) is 0 Å². The van der Waals surface area contributed by atoms with Crippen LogP contribution in [-0.4, -0.2) is 15.5 Å². The van der Waals surface area contributed by atoms with Crippen molar-refractivity contribution in [2.75, 3.05) is 5.32 Å². The normalized spacial score (nSPS) is 23.3. The fourth-order valence-corrected chi connectivity index (χ4v) is 2.38. The molecule has 1 amide bonds. The van der Waals surface area contributed by atoms with E-state index in [0.717, 1.165) is 22.3 Å². The Morgan fingerprint density at radius 2 is 2.38 bits per heavy atom. The van der Waals surface area contributed by atoms with E-state index in [2.05, 4.69) is 21.8 Å². The molecule has 1 fully saturated rings. The van der Waals surface area contributed by atoms with Crippen LogP contribution in [0.2, 0.25) is 0 Å². The van der Waals surface area contributed by atoms with Crippen LogP contribution in [0.15, 0.2) is 18.2 Å². The average molecular weight is 233 g/mol. The monoisotopic (exact) mass is 233 g/mol. The van der Waals surface area contributed by atoms with Crippen molar-refractivity contribution in [2.24, 2.45) is 11.8 Å². The summed E-state index contributed by atoms with van der Waals surface area (Å²) in [5.41, 5.74) is 1.71. The minimum atomic E-state index is 0.129. The van der Waals surface area contributed by atoms with Crippen LogP contribution in [-0.2, 0) is 4.79 Å². The molecular formula is C11H11N3OS. The summed E-state index contributed by atoms with van der Waals surface area (Å²) < 4.78 is 4.86. The first-order chi connectivity index (χ1) is 7.74. The lowest BCUT2D eigenvalue weighted by atomic mass is 10.2. The summed E-state index contributed by atoms with van der Waals surface area (Å²) in [5.74, 6) is 0.869. The standard InChI is InChI=1S/C11H11N3OS/c1-6-4-8(6)11(15)12-7-2-3-9-10(5-7)16-14-13-9/h2-3,5-6,8H,4H2,1H3,(H,12,15)/t6-,8-/m1/s1. The molecule has 0 saturated heterocycles. The highest BCUT2D eigenvalue weighted by atomic mass is 32.1. The third-order valence-electron chi connectivity index (χ3n) is 2.96. The highest BCUT2D eigenvalue weighted by molar-refractivity contribution is 7.12. The number of hydrogen-bond donors (Lipinski definition) is 1. The quantitative estimate of drug-likeness (QED) is 0.865. The summed E-state index contributed by atoms with van der Waals surface area (Å²) in [4.78, 5) is 11.7. The van der Waals surface area contributed by atoms with Gasteiger partial charge < -0.3 is 5.32 Å². The summed E-state index contributed by atoms with van der Waals surface area (Å²) in [5, 5.41) is 6.88. The molecule has 5 heteroatoms. The van der Waals surface area contributed by atoms with Crippen LogP contribution in [0.1, 0.15) is 13.3 Å². The minimum absolute atomic E-state index is 0.129. The second-order valence-electron chi connectivity index (χ2n) is 4.26. The van der Waals surface area contributed by atoms with Crippen LogP contribution in [0.3, 0.4) is 0 Å². The number of anilines is 1. The van der Waals surface area contributed by atoms with Crippen molar-refractivity contribution in [3.05, 3.63) is 18.2 Å². The molecule has 1 aliphatic carbocycles. The van der Waals surface area contributed by atoms with E-state index in [9.17, 15) is 4.79 Å². The zero-order valence-corrected chi connectivity index (χ0v) is 9.62. The van der Waals surface area contributed by atoms with Gasteiger partial charge in [0.05, 0.1) is 4.70 Å². The highest BCUT2D eigenvalue weighted by Gasteiger charge is 2.39. The second kappa shape index (κ2) is 3.52. The van der Waals surface area contributed by atoms with E-state index in [1.54, 1.807) is 0 Å². The zero-order chi connectivity index (χ0) is 11.1. The maximum atomic E-state index is 11.7. The van der Waals surface area contributed by atoms with Gasteiger partial charge in [0.2, 0.25) is 5.91 Å². The number of carbonyl (C=O) groups excluding carboxylic acids is 1. The summed E-state index contributed by atoms with van der Waals surface area (Å²) >= 11 is 1.34. The van der Waals surface area contributed by atoms with Gasteiger partial charge in [0, 0.05) is 11.6 Å². The number of carbonyl (C=O) groups is 1. The van der Waals surface area contributed by atoms with Gasteiger partial charge in [0.1, 0.15) is 5.52 Å². The van der Waals surface area contributed by atoms with Crippen molar-refractivity contribution in [1.29, 1.82) is 0 Å². The predicted molar refractivity (Wildman–Crippen MR) is 63.3 cm³/mol. The van der Waals surface area contributed by atoms with Crippen LogP contribution in [0.25, 0.3) is 10.2 Å². The average Bonchev–Trinajstić information content (AvgIpc) is 2.83. The Morgan fingerprint density at radius 1 is 1.56 bits per heavy atom. The number of fused-ring (bicyclic) bond motifs is 1. The third kappa shape index (κ3) is 1.67. The molecule has 1 aromatic carbocycles. The molecule has 1 N–H and O–H groups in total. The van der Waals surface area contributed by atoms with Crippen molar-refractivity contribution < 1.29 is 4.79 Å². The van der Waals surface area contributed by atoms with E-state index < -0.39 is 0 Å². The SMILES string of the molecule is C[C@@H]1C[C@H]1C(=O)Nc1ccc2nnsc2c1. The van der Waals surface area contributed by atoms with Gasteiger partial charge in [-0.05, 0) is 42.1 Å². The second-order valence-corrected chi connectivity index (χ2v) is 5.05. The molecule has 1 aliphatic rings. The molecule has 1 heterocycles. The van der Waals surface area contributed by atoms with Crippen LogP contribution in [0.4, 0.5) is 5.69 Å². The van der Waals surface area contributed by atoms with Gasteiger partial charge in [-0.1, -0.05) is 11.4 Å². The summed E-state index contributed by atoms with van der Waals surface area (Å²) in [6.45, 7) is 2.10. The van der Waals surface area contributed by atoms with Crippen molar-refractivity contribution in [3.8, 4) is 0 Å². The molecule has 2 aromatic rings. The number of nitrogens with one attached hydrogen (secondary N) is 1. The number of aromatic nitrogens is 2. The molecule has 4 nitrogen and oxygen atoms in total. The van der Waals surface area contributed by atoms with Crippen LogP contribution in [0, 0.1) is 11.8 Å². The van der Waals surface area contributed by atoms with Gasteiger partial charge in [-0.15, -0.1) is 5.10 Å². The molecule has 0 radical (unpaired) electrons. The van der Waals surface area contributed by atoms with E-state index in [1.807, 2.05) is 18.2 Å². The number of benzene rings is 1. The largest absolute Gasteiger partial charge is 0.326 e. The predicted octanol–water partition coefficient (Wildman–Crippen LogP) is 2.29. The van der Waals surface area contributed by atoms with Gasteiger partial charge in [-0.2, -0.15) is 0 Å². The van der Waals surface area contributed by atoms with Gasteiger partial charge in [-0.3, -0.25) is 4.79 Å². The molecular weight excluding hydrogens is 222 g/mol. The number of hydrogen-bond acceptors (Lipinski definition) is 4. The van der Waals surface area contributed by atoms with Crippen molar-refractivity contribution in [2.45, 2.75) is 13.3 Å². The molecule has 0 aliphatic heterocycles. The highest BCUT2D eigenvalue weighted by Crippen LogP contribution is 2.38. The first kappa shape index (κ1) is 9.72. The fraction of sp³-hybridized carbons (Fsp3) is 0.364. The topological polar surface area (TPSA) is 54.9 Å². The lowest BCUT2D eigenvalue weighted by Crippen LogP contribution is -2.14. The Labute approximate surface area is 96.8 Å².